The highest BCUT2D eigenvalue weighted by Gasteiger charge is 2.31. The lowest BCUT2D eigenvalue weighted by Gasteiger charge is -2.36. The van der Waals surface area contributed by atoms with Crippen LogP contribution in [0.4, 0.5) is 14.7 Å². The minimum atomic E-state index is -0.711. The molecule has 1 saturated carbocycles. The molecule has 1 saturated heterocycles. The van der Waals surface area contributed by atoms with E-state index in [9.17, 15) is 8.78 Å². The molecule has 8 nitrogen and oxygen atoms in total. The van der Waals surface area contributed by atoms with E-state index in [0.29, 0.717) is 35.9 Å². The molecule has 0 amide bonds. The molecule has 0 bridgehead atoms. The molecule has 0 N–H and O–H groups in total. The smallest absolute Gasteiger partial charge is 0.228 e. The van der Waals surface area contributed by atoms with Crippen LogP contribution in [-0.2, 0) is 11.3 Å². The van der Waals surface area contributed by atoms with E-state index in [1.54, 1.807) is 0 Å². The number of anilines is 1. The van der Waals surface area contributed by atoms with E-state index in [2.05, 4.69) is 21.3 Å². The molecule has 36 heavy (non-hydrogen) atoms. The molecular weight excluding hydrogens is 464 g/mol. The van der Waals surface area contributed by atoms with E-state index in [-0.39, 0.29) is 23.5 Å². The van der Waals surface area contributed by atoms with Crippen LogP contribution < -0.4 is 4.90 Å². The van der Waals surface area contributed by atoms with Crippen LogP contribution in [0.2, 0.25) is 0 Å². The fourth-order valence-corrected chi connectivity index (χ4v) is 4.62. The van der Waals surface area contributed by atoms with Gasteiger partial charge in [0, 0.05) is 36.5 Å². The summed E-state index contributed by atoms with van der Waals surface area (Å²) < 4.78 is 36.8. The van der Waals surface area contributed by atoms with Gasteiger partial charge in [-0.25, -0.2) is 23.7 Å². The van der Waals surface area contributed by atoms with Crippen LogP contribution >= 0.6 is 0 Å². The Morgan fingerprint density at radius 3 is 2.61 bits per heavy atom. The summed E-state index contributed by atoms with van der Waals surface area (Å²) >= 11 is 0. The molecule has 0 unspecified atom stereocenters. The van der Waals surface area contributed by atoms with Crippen LogP contribution in [0.15, 0.2) is 30.6 Å². The van der Waals surface area contributed by atoms with Crippen LogP contribution in [0.5, 0.6) is 0 Å². The SMILES string of the molecule is Cc1nc2nc(N3C[C@H](C)O[C@@H](c4cnn(CC5CC5)c4)C3)nc(-c3ccc(F)cc3F)c2nc1C. The molecule has 0 radical (unpaired) electrons. The van der Waals surface area contributed by atoms with Crippen molar-refractivity contribution in [2.75, 3.05) is 18.0 Å². The van der Waals surface area contributed by atoms with Crippen molar-refractivity contribution in [3.63, 3.8) is 0 Å². The Morgan fingerprint density at radius 1 is 1.03 bits per heavy atom. The summed E-state index contributed by atoms with van der Waals surface area (Å²) in [6, 6.07) is 3.45. The summed E-state index contributed by atoms with van der Waals surface area (Å²) in [4.78, 5) is 20.7. The number of benzene rings is 1. The Hall–Kier alpha value is -3.53. The van der Waals surface area contributed by atoms with Crippen molar-refractivity contribution in [2.24, 2.45) is 5.92 Å². The van der Waals surface area contributed by atoms with Crippen molar-refractivity contribution in [1.29, 1.82) is 0 Å². The van der Waals surface area contributed by atoms with Crippen LogP contribution in [0.25, 0.3) is 22.4 Å². The topological polar surface area (TPSA) is 81.9 Å². The van der Waals surface area contributed by atoms with Gasteiger partial charge >= 0.3 is 0 Å². The first kappa shape index (κ1) is 22.9. The highest BCUT2D eigenvalue weighted by molar-refractivity contribution is 5.88. The molecule has 4 heterocycles. The highest BCUT2D eigenvalue weighted by Crippen LogP contribution is 2.33. The van der Waals surface area contributed by atoms with Crippen LogP contribution in [0.3, 0.4) is 0 Å². The molecule has 186 valence electrons. The fourth-order valence-electron chi connectivity index (χ4n) is 4.62. The van der Waals surface area contributed by atoms with E-state index in [1.807, 2.05) is 36.5 Å². The Bertz CT molecular complexity index is 1450. The van der Waals surface area contributed by atoms with E-state index in [0.717, 1.165) is 29.8 Å². The molecule has 3 aromatic heterocycles. The maximum Gasteiger partial charge on any atom is 0.228 e. The molecule has 6 rings (SSSR count). The molecule has 4 aromatic rings. The molecule has 1 aromatic carbocycles. The fraction of sp³-hybridized carbons (Fsp3) is 0.423. The molecule has 2 aliphatic rings. The maximum atomic E-state index is 14.9. The monoisotopic (exact) mass is 491 g/mol. The number of aryl methyl sites for hydroxylation is 2. The summed E-state index contributed by atoms with van der Waals surface area (Å²) in [6.45, 7) is 7.69. The largest absolute Gasteiger partial charge is 0.367 e. The van der Waals surface area contributed by atoms with E-state index >= 15 is 0 Å². The summed E-state index contributed by atoms with van der Waals surface area (Å²) in [5.41, 5.74) is 3.63. The van der Waals surface area contributed by atoms with Gasteiger partial charge in [0.25, 0.3) is 0 Å². The number of halogens is 2. The molecule has 10 heteroatoms. The third-order valence-corrected chi connectivity index (χ3v) is 6.83. The first-order chi connectivity index (χ1) is 17.3. The molecule has 2 fully saturated rings. The third kappa shape index (κ3) is 4.41. The second-order valence-electron chi connectivity index (χ2n) is 9.84. The quantitative estimate of drug-likeness (QED) is 0.405. The van der Waals surface area contributed by atoms with E-state index in [4.69, 9.17) is 14.7 Å². The van der Waals surface area contributed by atoms with Crippen molar-refractivity contribution in [2.45, 2.75) is 52.4 Å². The number of hydrogen-bond donors (Lipinski definition) is 0. The van der Waals surface area contributed by atoms with Gasteiger partial charge in [0.2, 0.25) is 5.95 Å². The minimum Gasteiger partial charge on any atom is -0.367 e. The van der Waals surface area contributed by atoms with Gasteiger partial charge in [-0.1, -0.05) is 0 Å². The summed E-state index contributed by atoms with van der Waals surface area (Å²) in [7, 11) is 0. The first-order valence-electron chi connectivity index (χ1n) is 12.2. The number of morpholine rings is 1. The van der Waals surface area contributed by atoms with Gasteiger partial charge in [-0.05, 0) is 51.7 Å². The standard InChI is InChI=1S/C26H27F2N7O/c1-14-10-34(13-22(36-14)18-9-29-35(12-18)11-17-4-5-17)26-32-23(20-7-6-19(27)8-21(20)28)24-25(33-26)31-16(3)15(2)30-24/h6-9,12,14,17,22H,4-5,10-11,13H2,1-3H3/t14-,22+/m0/s1. The second kappa shape index (κ2) is 8.85. The number of nitrogens with zero attached hydrogens (tertiary/aromatic N) is 7. The second-order valence-corrected chi connectivity index (χ2v) is 9.84. The zero-order valence-electron chi connectivity index (χ0n) is 20.4. The normalized spacial score (nSPS) is 20.3. The zero-order valence-corrected chi connectivity index (χ0v) is 20.4. The highest BCUT2D eigenvalue weighted by atomic mass is 19.1. The predicted octanol–water partition coefficient (Wildman–Crippen LogP) is 4.55. The Balaban J connectivity index is 1.40. The van der Waals surface area contributed by atoms with Gasteiger partial charge in [0.05, 0.1) is 30.2 Å². The Morgan fingerprint density at radius 2 is 1.83 bits per heavy atom. The van der Waals surface area contributed by atoms with Crippen molar-refractivity contribution < 1.29 is 13.5 Å². The van der Waals surface area contributed by atoms with Gasteiger partial charge in [0.15, 0.2) is 5.65 Å². The van der Waals surface area contributed by atoms with Gasteiger partial charge in [-0.3, -0.25) is 4.68 Å². The van der Waals surface area contributed by atoms with Crippen molar-refractivity contribution in [1.82, 2.24) is 29.7 Å². The number of rotatable bonds is 5. The Kier molecular flexibility index (Phi) is 5.63. The van der Waals surface area contributed by atoms with Gasteiger partial charge in [-0.15, -0.1) is 0 Å². The summed E-state index contributed by atoms with van der Waals surface area (Å²) in [5.74, 6) is -0.230. The van der Waals surface area contributed by atoms with E-state index < -0.39 is 11.6 Å². The maximum absolute atomic E-state index is 14.9. The van der Waals surface area contributed by atoms with Crippen molar-refractivity contribution in [3.8, 4) is 11.3 Å². The number of fused-ring (bicyclic) bond motifs is 1. The lowest BCUT2D eigenvalue weighted by molar-refractivity contribution is -0.0178. The van der Waals surface area contributed by atoms with Gasteiger partial charge in [-0.2, -0.15) is 10.1 Å². The first-order valence-corrected chi connectivity index (χ1v) is 12.2. The summed E-state index contributed by atoms with van der Waals surface area (Å²) in [5, 5.41) is 4.52. The minimum absolute atomic E-state index is 0.0910. The predicted molar refractivity (Wildman–Crippen MR) is 130 cm³/mol. The lowest BCUT2D eigenvalue weighted by Crippen LogP contribution is -2.43. The Labute approximate surface area is 207 Å². The molecule has 2 atom stereocenters. The van der Waals surface area contributed by atoms with Crippen LogP contribution in [0, 0.1) is 31.4 Å². The van der Waals surface area contributed by atoms with Gasteiger partial charge in [0.1, 0.15) is 28.9 Å². The molecule has 0 spiro atoms. The summed E-state index contributed by atoms with van der Waals surface area (Å²) in [6.07, 6.45) is 6.14. The van der Waals surface area contributed by atoms with Gasteiger partial charge < -0.3 is 9.64 Å². The van der Waals surface area contributed by atoms with E-state index in [1.165, 1.54) is 25.0 Å². The molecule has 1 aliphatic heterocycles. The number of hydrogen-bond acceptors (Lipinski definition) is 7. The number of ether oxygens (including phenoxy) is 1. The van der Waals surface area contributed by atoms with Crippen LogP contribution in [0.1, 0.15) is 42.8 Å². The van der Waals surface area contributed by atoms with Crippen molar-refractivity contribution in [3.05, 3.63) is 59.2 Å². The average molecular weight is 492 g/mol. The molecule has 1 aliphatic carbocycles. The molecular formula is C26H27F2N7O. The van der Waals surface area contributed by atoms with Crippen molar-refractivity contribution >= 4 is 17.1 Å². The average Bonchev–Trinajstić information content (AvgIpc) is 3.53. The zero-order chi connectivity index (χ0) is 25.0. The lowest BCUT2D eigenvalue weighted by atomic mass is 10.1. The van der Waals surface area contributed by atoms with Crippen LogP contribution in [-0.4, -0.2) is 48.9 Å². The third-order valence-electron chi connectivity index (χ3n) is 6.83. The number of aromatic nitrogens is 6.